The zero-order valence-corrected chi connectivity index (χ0v) is 10.1. The van der Waals surface area contributed by atoms with Crippen LogP contribution < -0.4 is 5.32 Å². The van der Waals surface area contributed by atoms with E-state index < -0.39 is 0 Å². The third kappa shape index (κ3) is 5.63. The van der Waals surface area contributed by atoms with Gasteiger partial charge in [-0.1, -0.05) is 44.2 Å². The first-order valence-electron chi connectivity index (χ1n) is 5.68. The second-order valence-corrected chi connectivity index (χ2v) is 4.10. The van der Waals surface area contributed by atoms with E-state index in [1.807, 2.05) is 12.1 Å². The number of nitrogens with zero attached hydrogens (tertiary/aromatic N) is 1. The summed E-state index contributed by atoms with van der Waals surface area (Å²) in [6.07, 6.45) is 8.24. The van der Waals surface area contributed by atoms with E-state index >= 15 is 0 Å². The van der Waals surface area contributed by atoms with E-state index in [1.165, 1.54) is 32.1 Å². The number of hydrogen-bond acceptors (Lipinski definition) is 2. The normalized spacial score (nSPS) is 10.3. The van der Waals surface area contributed by atoms with Gasteiger partial charge in [0, 0.05) is 18.4 Å². The molecule has 0 aromatic carbocycles. The van der Waals surface area contributed by atoms with E-state index in [2.05, 4.69) is 17.2 Å². The highest BCUT2D eigenvalue weighted by Gasteiger charge is 1.93. The molecule has 1 aromatic rings. The Labute approximate surface area is 97.1 Å². The maximum atomic E-state index is 5.78. The van der Waals surface area contributed by atoms with Crippen molar-refractivity contribution in [2.45, 2.75) is 39.0 Å². The maximum Gasteiger partial charge on any atom is 0.131 e. The molecule has 0 fully saturated rings. The molecule has 0 saturated carbocycles. The Morgan fingerprint density at radius 3 is 2.80 bits per heavy atom. The smallest absolute Gasteiger partial charge is 0.131 e. The van der Waals surface area contributed by atoms with Crippen LogP contribution in [0.3, 0.4) is 0 Å². The molecule has 84 valence electrons. The Morgan fingerprint density at radius 1 is 1.27 bits per heavy atom. The fourth-order valence-electron chi connectivity index (χ4n) is 1.47. The Bertz CT molecular complexity index is 276. The van der Waals surface area contributed by atoms with Crippen LogP contribution in [0.15, 0.2) is 18.3 Å². The van der Waals surface area contributed by atoms with E-state index in [0.29, 0.717) is 5.15 Å². The first kappa shape index (κ1) is 12.3. The van der Waals surface area contributed by atoms with Crippen LogP contribution in [0.4, 0.5) is 5.69 Å². The molecule has 0 unspecified atom stereocenters. The van der Waals surface area contributed by atoms with Crippen LogP contribution in [-0.2, 0) is 0 Å². The van der Waals surface area contributed by atoms with Gasteiger partial charge in [-0.3, -0.25) is 0 Å². The van der Waals surface area contributed by atoms with Crippen LogP contribution in [0, 0.1) is 0 Å². The molecule has 0 radical (unpaired) electrons. The van der Waals surface area contributed by atoms with Gasteiger partial charge < -0.3 is 5.32 Å². The number of hydrogen-bond donors (Lipinski definition) is 1. The lowest BCUT2D eigenvalue weighted by atomic mass is 10.1. The summed E-state index contributed by atoms with van der Waals surface area (Å²) < 4.78 is 0. The summed E-state index contributed by atoms with van der Waals surface area (Å²) in [7, 11) is 0. The van der Waals surface area contributed by atoms with Gasteiger partial charge in [-0.2, -0.15) is 0 Å². The van der Waals surface area contributed by atoms with Crippen molar-refractivity contribution in [1.82, 2.24) is 4.98 Å². The average molecular weight is 227 g/mol. The molecule has 15 heavy (non-hydrogen) atoms. The van der Waals surface area contributed by atoms with Gasteiger partial charge in [0.15, 0.2) is 0 Å². The van der Waals surface area contributed by atoms with Gasteiger partial charge in [-0.05, 0) is 18.6 Å². The van der Waals surface area contributed by atoms with Crippen molar-refractivity contribution >= 4 is 17.3 Å². The van der Waals surface area contributed by atoms with Crippen molar-refractivity contribution in [3.05, 3.63) is 23.5 Å². The lowest BCUT2D eigenvalue weighted by Gasteiger charge is -2.05. The molecule has 3 heteroatoms. The number of unbranched alkanes of at least 4 members (excludes halogenated alkanes) is 4. The van der Waals surface area contributed by atoms with Crippen molar-refractivity contribution in [2.75, 3.05) is 11.9 Å². The second-order valence-electron chi connectivity index (χ2n) is 3.71. The summed E-state index contributed by atoms with van der Waals surface area (Å²) in [6, 6.07) is 3.80. The third-order valence-electron chi connectivity index (χ3n) is 2.34. The minimum atomic E-state index is 0.547. The van der Waals surface area contributed by atoms with Gasteiger partial charge in [0.1, 0.15) is 5.15 Å². The van der Waals surface area contributed by atoms with Gasteiger partial charge in [-0.15, -0.1) is 0 Å². The maximum absolute atomic E-state index is 5.78. The fraction of sp³-hybridized carbons (Fsp3) is 0.583. The molecule has 1 aromatic heterocycles. The Hall–Kier alpha value is -0.760. The largest absolute Gasteiger partial charge is 0.385 e. The number of rotatable bonds is 7. The van der Waals surface area contributed by atoms with E-state index in [-0.39, 0.29) is 0 Å². The lowest BCUT2D eigenvalue weighted by molar-refractivity contribution is 0.645. The monoisotopic (exact) mass is 226 g/mol. The number of nitrogens with one attached hydrogen (secondary N) is 1. The molecule has 0 amide bonds. The zero-order chi connectivity index (χ0) is 10.9. The van der Waals surface area contributed by atoms with Gasteiger partial charge in [0.2, 0.25) is 0 Å². The van der Waals surface area contributed by atoms with Crippen LogP contribution >= 0.6 is 11.6 Å². The predicted molar refractivity (Wildman–Crippen MR) is 66.5 cm³/mol. The number of pyridine rings is 1. The van der Waals surface area contributed by atoms with Crippen LogP contribution in [-0.4, -0.2) is 11.5 Å². The Kier molecular flexibility index (Phi) is 6.17. The average Bonchev–Trinajstić information content (AvgIpc) is 2.23. The standard InChI is InChI=1S/C12H19ClN2/c1-2-3-4-5-6-8-14-11-7-9-15-12(13)10-11/h7,9-10H,2-6,8H2,1H3,(H,14,15). The summed E-state index contributed by atoms with van der Waals surface area (Å²) in [6.45, 7) is 3.25. The molecule has 1 rings (SSSR count). The van der Waals surface area contributed by atoms with Gasteiger partial charge in [0.25, 0.3) is 0 Å². The third-order valence-corrected chi connectivity index (χ3v) is 2.54. The highest BCUT2D eigenvalue weighted by Crippen LogP contribution is 2.12. The molecular weight excluding hydrogens is 208 g/mol. The molecule has 2 nitrogen and oxygen atoms in total. The molecule has 0 aliphatic carbocycles. The molecule has 1 heterocycles. The summed E-state index contributed by atoms with van der Waals surface area (Å²) in [4.78, 5) is 3.93. The molecule has 0 bridgehead atoms. The molecule has 0 spiro atoms. The minimum absolute atomic E-state index is 0.547. The lowest BCUT2D eigenvalue weighted by Crippen LogP contribution is -2.01. The molecule has 0 atom stereocenters. The van der Waals surface area contributed by atoms with Crippen LogP contribution in [0.25, 0.3) is 0 Å². The van der Waals surface area contributed by atoms with Crippen LogP contribution in [0.5, 0.6) is 0 Å². The van der Waals surface area contributed by atoms with Crippen molar-refractivity contribution < 1.29 is 0 Å². The first-order valence-corrected chi connectivity index (χ1v) is 6.06. The highest BCUT2D eigenvalue weighted by molar-refractivity contribution is 6.29. The quantitative estimate of drug-likeness (QED) is 0.559. The van der Waals surface area contributed by atoms with Crippen LogP contribution in [0.1, 0.15) is 39.0 Å². The molecular formula is C12H19ClN2. The molecule has 0 saturated heterocycles. The fourth-order valence-corrected chi connectivity index (χ4v) is 1.65. The van der Waals surface area contributed by atoms with Gasteiger partial charge >= 0.3 is 0 Å². The molecule has 0 aliphatic heterocycles. The predicted octanol–water partition coefficient (Wildman–Crippen LogP) is 4.12. The summed E-state index contributed by atoms with van der Waals surface area (Å²) >= 11 is 5.78. The van der Waals surface area contributed by atoms with Gasteiger partial charge in [0.05, 0.1) is 0 Å². The first-order chi connectivity index (χ1) is 7.33. The second kappa shape index (κ2) is 7.52. The summed E-state index contributed by atoms with van der Waals surface area (Å²) in [5, 5.41) is 3.89. The number of aromatic nitrogens is 1. The van der Waals surface area contributed by atoms with E-state index in [4.69, 9.17) is 11.6 Å². The van der Waals surface area contributed by atoms with E-state index in [9.17, 15) is 0 Å². The van der Waals surface area contributed by atoms with Crippen molar-refractivity contribution in [2.24, 2.45) is 0 Å². The minimum Gasteiger partial charge on any atom is -0.385 e. The number of anilines is 1. The highest BCUT2D eigenvalue weighted by atomic mass is 35.5. The Balaban J connectivity index is 2.10. The van der Waals surface area contributed by atoms with E-state index in [1.54, 1.807) is 6.20 Å². The Morgan fingerprint density at radius 2 is 2.07 bits per heavy atom. The SMILES string of the molecule is CCCCCCCNc1ccnc(Cl)c1. The van der Waals surface area contributed by atoms with Crippen molar-refractivity contribution in [3.8, 4) is 0 Å². The summed E-state index contributed by atoms with van der Waals surface area (Å²) in [5.41, 5.74) is 1.06. The summed E-state index contributed by atoms with van der Waals surface area (Å²) in [5.74, 6) is 0. The van der Waals surface area contributed by atoms with Crippen molar-refractivity contribution in [1.29, 1.82) is 0 Å². The zero-order valence-electron chi connectivity index (χ0n) is 9.30. The topological polar surface area (TPSA) is 24.9 Å². The molecule has 1 N–H and O–H groups in total. The molecule has 0 aliphatic rings. The van der Waals surface area contributed by atoms with Crippen molar-refractivity contribution in [3.63, 3.8) is 0 Å². The van der Waals surface area contributed by atoms with E-state index in [0.717, 1.165) is 12.2 Å². The van der Waals surface area contributed by atoms with Crippen LogP contribution in [0.2, 0.25) is 5.15 Å². The van der Waals surface area contributed by atoms with Gasteiger partial charge in [-0.25, -0.2) is 4.98 Å². The number of halogens is 1.